The second-order valence-electron chi connectivity index (χ2n) is 6.29. The van der Waals surface area contributed by atoms with E-state index < -0.39 is 5.92 Å². The summed E-state index contributed by atoms with van der Waals surface area (Å²) in [4.78, 5) is 29.5. The monoisotopic (exact) mass is 388 g/mol. The number of hydrogen-bond acceptors (Lipinski definition) is 3. The van der Waals surface area contributed by atoms with E-state index in [1.807, 2.05) is 31.2 Å². The van der Waals surface area contributed by atoms with Gasteiger partial charge in [0.1, 0.15) is 17.5 Å². The van der Waals surface area contributed by atoms with Crippen LogP contribution in [0.5, 0.6) is 0 Å². The molecule has 2 aromatic carbocycles. The predicted molar refractivity (Wildman–Crippen MR) is 106 cm³/mol. The highest BCUT2D eigenvalue weighted by Gasteiger charge is 2.37. The molecular weight excluding hydrogens is 371 g/mol. The number of carbonyl (C=O) groups excluding carboxylic acids is 2. The Morgan fingerprint density at radius 1 is 1.15 bits per heavy atom. The Labute approximate surface area is 162 Å². The third kappa shape index (κ3) is 3.67. The number of aliphatic imine (C=N–C) groups is 1. The number of carbonyl (C=O) groups is 2. The fourth-order valence-electron chi connectivity index (χ4n) is 3.05. The highest BCUT2D eigenvalue weighted by Crippen LogP contribution is 2.35. The van der Waals surface area contributed by atoms with E-state index in [0.29, 0.717) is 40.1 Å². The molecule has 1 heterocycles. The largest absolute Gasteiger partial charge is 0.341 e. The van der Waals surface area contributed by atoms with Gasteiger partial charge < -0.3 is 5.32 Å². The molecule has 6 heteroatoms. The van der Waals surface area contributed by atoms with Crippen LogP contribution in [0.25, 0.3) is 0 Å². The Bertz CT molecular complexity index is 905. The van der Waals surface area contributed by atoms with Crippen molar-refractivity contribution in [1.82, 2.24) is 0 Å². The van der Waals surface area contributed by atoms with Gasteiger partial charge in [0.25, 0.3) is 0 Å². The highest BCUT2D eigenvalue weighted by molar-refractivity contribution is 6.39. The first kappa shape index (κ1) is 18.6. The van der Waals surface area contributed by atoms with Gasteiger partial charge in [-0.3, -0.25) is 14.6 Å². The molecule has 3 rings (SSSR count). The first-order valence-corrected chi connectivity index (χ1v) is 9.03. The summed E-state index contributed by atoms with van der Waals surface area (Å²) in [7, 11) is 0. The third-order valence-corrected chi connectivity index (χ3v) is 4.97. The van der Waals surface area contributed by atoms with Crippen LogP contribution in [0.15, 0.2) is 41.4 Å². The molecule has 1 atom stereocenters. The number of nitrogens with zero attached hydrogens (tertiary/aromatic N) is 1. The van der Waals surface area contributed by atoms with E-state index in [-0.39, 0.29) is 11.6 Å². The van der Waals surface area contributed by atoms with E-state index in [2.05, 4.69) is 10.3 Å². The molecule has 0 aliphatic carbocycles. The van der Waals surface area contributed by atoms with Gasteiger partial charge in [-0.2, -0.15) is 0 Å². The van der Waals surface area contributed by atoms with Crippen LogP contribution >= 0.6 is 23.2 Å². The molecule has 0 amide bonds. The van der Waals surface area contributed by atoms with E-state index in [0.717, 1.165) is 11.1 Å². The molecule has 0 fully saturated rings. The number of ketones is 2. The van der Waals surface area contributed by atoms with Crippen LogP contribution in [-0.4, -0.2) is 23.9 Å². The van der Waals surface area contributed by atoms with Crippen LogP contribution in [0.1, 0.15) is 28.4 Å². The lowest BCUT2D eigenvalue weighted by molar-refractivity contribution is -0.117. The molecule has 0 aromatic heterocycles. The van der Waals surface area contributed by atoms with Gasteiger partial charge in [-0.05, 0) is 49.6 Å². The minimum atomic E-state index is -0.912. The molecule has 0 bridgehead atoms. The summed E-state index contributed by atoms with van der Waals surface area (Å²) in [6.45, 7) is 3.68. The number of aryl methyl sites for hydroxylation is 1. The van der Waals surface area contributed by atoms with Crippen LogP contribution in [0, 0.1) is 12.8 Å². The molecule has 0 saturated carbocycles. The minimum Gasteiger partial charge on any atom is -0.341 e. The summed E-state index contributed by atoms with van der Waals surface area (Å²) in [6, 6.07) is 11.0. The normalized spacial score (nSPS) is 17.8. The second-order valence-corrected chi connectivity index (χ2v) is 7.13. The molecule has 2 aromatic rings. The molecule has 134 valence electrons. The van der Waals surface area contributed by atoms with Gasteiger partial charge >= 0.3 is 0 Å². The summed E-state index contributed by atoms with van der Waals surface area (Å²) < 4.78 is 0. The van der Waals surface area contributed by atoms with Gasteiger partial charge in [0.05, 0.1) is 10.7 Å². The fraction of sp³-hybridized carbons (Fsp3) is 0.250. The predicted octanol–water partition coefficient (Wildman–Crippen LogP) is 4.76. The first-order valence-electron chi connectivity index (χ1n) is 8.28. The first-order chi connectivity index (χ1) is 12.4. The molecule has 1 aliphatic rings. The van der Waals surface area contributed by atoms with Gasteiger partial charge in [-0.15, -0.1) is 0 Å². The molecular formula is C20H18Cl2N2O2. The quantitative estimate of drug-likeness (QED) is 0.768. The van der Waals surface area contributed by atoms with Crippen LogP contribution < -0.4 is 5.32 Å². The second kappa shape index (κ2) is 7.60. The molecule has 4 nitrogen and oxygen atoms in total. The zero-order valence-corrected chi connectivity index (χ0v) is 16.0. The van der Waals surface area contributed by atoms with Gasteiger partial charge in [-0.1, -0.05) is 41.4 Å². The Hall–Kier alpha value is -2.17. The van der Waals surface area contributed by atoms with Gasteiger partial charge in [-0.25, -0.2) is 0 Å². The van der Waals surface area contributed by atoms with E-state index >= 15 is 0 Å². The van der Waals surface area contributed by atoms with E-state index in [1.54, 1.807) is 12.1 Å². The zero-order chi connectivity index (χ0) is 18.8. The smallest absolute Gasteiger partial charge is 0.183 e. The standard InChI is InChI=1S/C20H18Cl2N2O2/c1-11-3-8-15(22)18-16(11)19(26)17(12(2)25)20(24-18)23-10-9-13-4-6-14(21)7-5-13/h3-8,17H,9-10H2,1-2H3,(H,23,24). The van der Waals surface area contributed by atoms with Gasteiger partial charge in [0.2, 0.25) is 0 Å². The van der Waals surface area contributed by atoms with Crippen LogP contribution in [0.4, 0.5) is 5.69 Å². The van der Waals surface area contributed by atoms with Crippen molar-refractivity contribution in [2.75, 3.05) is 11.9 Å². The van der Waals surface area contributed by atoms with Gasteiger partial charge in [0, 0.05) is 17.1 Å². The molecule has 1 N–H and O–H groups in total. The number of rotatable bonds is 4. The van der Waals surface area contributed by atoms with Crippen molar-refractivity contribution in [3.63, 3.8) is 0 Å². The van der Waals surface area contributed by atoms with E-state index in [1.165, 1.54) is 6.92 Å². The number of hydrogen-bond donors (Lipinski definition) is 1. The summed E-state index contributed by atoms with van der Waals surface area (Å²) in [5, 5.41) is 4.23. The molecule has 0 saturated heterocycles. The van der Waals surface area contributed by atoms with E-state index in [4.69, 9.17) is 23.2 Å². The zero-order valence-electron chi connectivity index (χ0n) is 14.5. The van der Waals surface area contributed by atoms with Crippen molar-refractivity contribution in [3.8, 4) is 0 Å². The van der Waals surface area contributed by atoms with Crippen molar-refractivity contribution < 1.29 is 9.59 Å². The summed E-state index contributed by atoms with van der Waals surface area (Å²) in [6.07, 6.45) is 0.676. The topological polar surface area (TPSA) is 58.5 Å². The van der Waals surface area contributed by atoms with Crippen LogP contribution in [0.2, 0.25) is 10.0 Å². The lowest BCUT2D eigenvalue weighted by Crippen LogP contribution is -2.40. The Balaban J connectivity index is 1.89. The number of anilines is 1. The fourth-order valence-corrected chi connectivity index (χ4v) is 3.39. The van der Waals surface area contributed by atoms with Crippen molar-refractivity contribution in [3.05, 3.63) is 63.1 Å². The SMILES string of the molecule is CC(=O)C1C(=O)c2c(C)ccc(Cl)c2NC1=NCCc1ccc(Cl)cc1. The average molecular weight is 389 g/mol. The van der Waals surface area contributed by atoms with Gasteiger partial charge in [0.15, 0.2) is 5.78 Å². The van der Waals surface area contributed by atoms with Crippen molar-refractivity contribution in [1.29, 1.82) is 0 Å². The lowest BCUT2D eigenvalue weighted by Gasteiger charge is -2.27. The average Bonchev–Trinajstić information content (AvgIpc) is 2.59. The number of nitrogens with one attached hydrogen (secondary N) is 1. The van der Waals surface area contributed by atoms with Crippen LogP contribution in [0.3, 0.4) is 0 Å². The molecule has 1 unspecified atom stereocenters. The number of halogens is 2. The number of benzene rings is 2. The van der Waals surface area contributed by atoms with Crippen molar-refractivity contribution in [2.45, 2.75) is 20.3 Å². The highest BCUT2D eigenvalue weighted by atomic mass is 35.5. The van der Waals surface area contributed by atoms with Crippen molar-refractivity contribution >= 4 is 46.3 Å². The molecule has 1 aliphatic heterocycles. The van der Waals surface area contributed by atoms with Crippen molar-refractivity contribution in [2.24, 2.45) is 10.9 Å². The number of Topliss-reactive ketones (excluding diaryl/α,β-unsaturated/α-hetero) is 2. The number of fused-ring (bicyclic) bond motifs is 1. The van der Waals surface area contributed by atoms with Crippen LogP contribution in [-0.2, 0) is 11.2 Å². The minimum absolute atomic E-state index is 0.238. The summed E-state index contributed by atoms with van der Waals surface area (Å²) >= 11 is 12.1. The number of amidine groups is 1. The Morgan fingerprint density at radius 3 is 2.50 bits per heavy atom. The molecule has 0 radical (unpaired) electrons. The Kier molecular flexibility index (Phi) is 5.44. The maximum absolute atomic E-state index is 12.9. The maximum atomic E-state index is 12.9. The van der Waals surface area contributed by atoms with E-state index in [9.17, 15) is 9.59 Å². The maximum Gasteiger partial charge on any atom is 0.183 e. The lowest BCUT2D eigenvalue weighted by atomic mass is 9.86. The molecule has 26 heavy (non-hydrogen) atoms. The summed E-state index contributed by atoms with van der Waals surface area (Å²) in [5.41, 5.74) is 2.86. The Morgan fingerprint density at radius 2 is 1.85 bits per heavy atom. The summed E-state index contributed by atoms with van der Waals surface area (Å²) in [5.74, 6) is -1.05. The molecule has 0 spiro atoms. The third-order valence-electron chi connectivity index (χ3n) is 4.40.